The van der Waals surface area contributed by atoms with Gasteiger partial charge in [-0.2, -0.15) is 0 Å². The van der Waals surface area contributed by atoms with Crippen molar-refractivity contribution < 1.29 is 19.1 Å². The van der Waals surface area contributed by atoms with Gasteiger partial charge in [0.2, 0.25) is 5.91 Å². The number of hydrogen-bond acceptors (Lipinski definition) is 5. The van der Waals surface area contributed by atoms with Crippen LogP contribution < -0.4 is 25.4 Å². The summed E-state index contributed by atoms with van der Waals surface area (Å²) in [6.07, 6.45) is 2.02. The SMILES string of the molecule is COc1ccc(OC)c([C@H](C)NCC(=O)Nc2ccccc2C(=O)NC2CC2)c1. The lowest BCUT2D eigenvalue weighted by molar-refractivity contribution is -0.115. The van der Waals surface area contributed by atoms with Crippen LogP contribution >= 0.6 is 0 Å². The summed E-state index contributed by atoms with van der Waals surface area (Å²) in [5.41, 5.74) is 1.86. The third-order valence-electron chi connectivity index (χ3n) is 4.83. The van der Waals surface area contributed by atoms with Crippen molar-refractivity contribution >= 4 is 17.5 Å². The van der Waals surface area contributed by atoms with E-state index in [0.29, 0.717) is 17.0 Å². The van der Waals surface area contributed by atoms with Gasteiger partial charge in [0.15, 0.2) is 0 Å². The largest absolute Gasteiger partial charge is 0.497 e. The third kappa shape index (κ3) is 5.48. The molecule has 154 valence electrons. The Balaban J connectivity index is 1.61. The Hall–Kier alpha value is -3.06. The number of hydrogen-bond donors (Lipinski definition) is 3. The first-order valence-electron chi connectivity index (χ1n) is 9.67. The maximum absolute atomic E-state index is 12.5. The Labute approximate surface area is 170 Å². The molecular weight excluding hydrogens is 370 g/mol. The second-order valence-electron chi connectivity index (χ2n) is 7.05. The molecule has 0 heterocycles. The van der Waals surface area contributed by atoms with E-state index in [9.17, 15) is 9.59 Å². The molecule has 1 fully saturated rings. The molecule has 1 atom stereocenters. The minimum Gasteiger partial charge on any atom is -0.497 e. The van der Waals surface area contributed by atoms with Gasteiger partial charge in [-0.05, 0) is 50.1 Å². The fourth-order valence-electron chi connectivity index (χ4n) is 3.01. The zero-order valence-electron chi connectivity index (χ0n) is 17.0. The zero-order chi connectivity index (χ0) is 20.8. The van der Waals surface area contributed by atoms with E-state index in [1.54, 1.807) is 38.5 Å². The third-order valence-corrected chi connectivity index (χ3v) is 4.83. The van der Waals surface area contributed by atoms with Gasteiger partial charge < -0.3 is 25.4 Å². The highest BCUT2D eigenvalue weighted by Gasteiger charge is 2.25. The highest BCUT2D eigenvalue weighted by molar-refractivity contribution is 6.04. The summed E-state index contributed by atoms with van der Waals surface area (Å²) in [5.74, 6) is 1.04. The van der Waals surface area contributed by atoms with Crippen LogP contribution in [0, 0.1) is 0 Å². The predicted molar refractivity (Wildman–Crippen MR) is 112 cm³/mol. The van der Waals surface area contributed by atoms with Crippen LogP contribution in [0.4, 0.5) is 5.69 Å². The van der Waals surface area contributed by atoms with Crippen molar-refractivity contribution in [2.75, 3.05) is 26.1 Å². The van der Waals surface area contributed by atoms with E-state index < -0.39 is 0 Å². The fourth-order valence-corrected chi connectivity index (χ4v) is 3.01. The van der Waals surface area contributed by atoms with Crippen molar-refractivity contribution in [1.82, 2.24) is 10.6 Å². The first-order valence-corrected chi connectivity index (χ1v) is 9.67. The highest BCUT2D eigenvalue weighted by Crippen LogP contribution is 2.29. The van der Waals surface area contributed by atoms with Crippen LogP contribution in [0.3, 0.4) is 0 Å². The van der Waals surface area contributed by atoms with Crippen LogP contribution in [-0.4, -0.2) is 38.6 Å². The highest BCUT2D eigenvalue weighted by atomic mass is 16.5. The summed E-state index contributed by atoms with van der Waals surface area (Å²) in [6.45, 7) is 2.03. The second kappa shape index (κ2) is 9.43. The van der Waals surface area contributed by atoms with Crippen molar-refractivity contribution in [2.45, 2.75) is 31.8 Å². The minimum atomic E-state index is -0.231. The van der Waals surface area contributed by atoms with E-state index >= 15 is 0 Å². The number of rotatable bonds is 9. The van der Waals surface area contributed by atoms with Gasteiger partial charge in [-0.25, -0.2) is 0 Å². The predicted octanol–water partition coefficient (Wildman–Crippen LogP) is 2.89. The molecule has 2 aromatic carbocycles. The molecule has 2 aromatic rings. The van der Waals surface area contributed by atoms with Crippen LogP contribution in [-0.2, 0) is 4.79 Å². The van der Waals surface area contributed by atoms with Gasteiger partial charge in [-0.1, -0.05) is 12.1 Å². The first kappa shape index (κ1) is 20.7. The second-order valence-corrected chi connectivity index (χ2v) is 7.05. The number of benzene rings is 2. The summed E-state index contributed by atoms with van der Waals surface area (Å²) in [6, 6.07) is 12.7. The maximum atomic E-state index is 12.5. The Kier molecular flexibility index (Phi) is 6.72. The van der Waals surface area contributed by atoms with E-state index in [2.05, 4.69) is 16.0 Å². The van der Waals surface area contributed by atoms with Gasteiger partial charge in [-0.15, -0.1) is 0 Å². The van der Waals surface area contributed by atoms with E-state index in [1.807, 2.05) is 25.1 Å². The lowest BCUT2D eigenvalue weighted by Crippen LogP contribution is -2.31. The van der Waals surface area contributed by atoms with Crippen molar-refractivity contribution in [3.63, 3.8) is 0 Å². The molecule has 0 aromatic heterocycles. The number of methoxy groups -OCH3 is 2. The number of ether oxygens (including phenoxy) is 2. The molecule has 1 saturated carbocycles. The molecule has 7 nitrogen and oxygen atoms in total. The smallest absolute Gasteiger partial charge is 0.253 e. The number of para-hydroxylation sites is 1. The minimum absolute atomic E-state index is 0.0834. The summed E-state index contributed by atoms with van der Waals surface area (Å²) in [7, 11) is 3.21. The topological polar surface area (TPSA) is 88.7 Å². The van der Waals surface area contributed by atoms with Crippen LogP contribution in [0.15, 0.2) is 42.5 Å². The number of nitrogens with one attached hydrogen (secondary N) is 3. The molecule has 29 heavy (non-hydrogen) atoms. The molecule has 0 aliphatic heterocycles. The number of carbonyl (C=O) groups is 2. The van der Waals surface area contributed by atoms with Crippen molar-refractivity contribution in [3.8, 4) is 11.5 Å². The molecule has 1 aliphatic carbocycles. The monoisotopic (exact) mass is 397 g/mol. The molecule has 0 bridgehead atoms. The summed E-state index contributed by atoms with van der Waals surface area (Å²) in [5, 5.41) is 8.96. The van der Waals surface area contributed by atoms with Crippen molar-refractivity contribution in [3.05, 3.63) is 53.6 Å². The maximum Gasteiger partial charge on any atom is 0.253 e. The van der Waals surface area contributed by atoms with Crippen LogP contribution in [0.5, 0.6) is 11.5 Å². The molecular formula is C22H27N3O4. The van der Waals surface area contributed by atoms with Gasteiger partial charge in [0.05, 0.1) is 32.0 Å². The van der Waals surface area contributed by atoms with Crippen molar-refractivity contribution in [1.29, 1.82) is 0 Å². The Bertz CT molecular complexity index is 880. The van der Waals surface area contributed by atoms with Gasteiger partial charge in [0, 0.05) is 17.6 Å². The molecule has 0 saturated heterocycles. The van der Waals surface area contributed by atoms with E-state index in [1.165, 1.54) is 0 Å². The quantitative estimate of drug-likeness (QED) is 0.606. The van der Waals surface area contributed by atoms with E-state index in [-0.39, 0.29) is 30.4 Å². The Morgan fingerprint density at radius 3 is 2.55 bits per heavy atom. The molecule has 0 radical (unpaired) electrons. The summed E-state index contributed by atoms with van der Waals surface area (Å²) >= 11 is 0. The van der Waals surface area contributed by atoms with Gasteiger partial charge >= 0.3 is 0 Å². The lowest BCUT2D eigenvalue weighted by Gasteiger charge is -2.18. The molecule has 7 heteroatoms. The van der Waals surface area contributed by atoms with Crippen LogP contribution in [0.2, 0.25) is 0 Å². The number of carbonyl (C=O) groups excluding carboxylic acids is 2. The molecule has 3 rings (SSSR count). The van der Waals surface area contributed by atoms with Gasteiger partial charge in [0.25, 0.3) is 5.91 Å². The van der Waals surface area contributed by atoms with E-state index in [4.69, 9.17) is 9.47 Å². The molecule has 2 amide bonds. The van der Waals surface area contributed by atoms with Crippen LogP contribution in [0.1, 0.15) is 41.7 Å². The zero-order valence-corrected chi connectivity index (χ0v) is 17.0. The Morgan fingerprint density at radius 1 is 1.10 bits per heavy atom. The molecule has 3 N–H and O–H groups in total. The Morgan fingerprint density at radius 2 is 1.86 bits per heavy atom. The lowest BCUT2D eigenvalue weighted by atomic mass is 10.1. The summed E-state index contributed by atoms with van der Waals surface area (Å²) in [4.78, 5) is 24.8. The standard InChI is InChI=1S/C22H27N3O4/c1-14(18-12-16(28-2)10-11-20(18)29-3)23-13-21(26)25-19-7-5-4-6-17(19)22(27)24-15-8-9-15/h4-7,10-12,14-15,23H,8-9,13H2,1-3H3,(H,24,27)(H,25,26)/t14-/m0/s1. The molecule has 0 spiro atoms. The number of anilines is 1. The average Bonchev–Trinajstić information content (AvgIpc) is 3.55. The van der Waals surface area contributed by atoms with E-state index in [0.717, 1.165) is 24.2 Å². The molecule has 1 aliphatic rings. The average molecular weight is 397 g/mol. The van der Waals surface area contributed by atoms with Gasteiger partial charge in [-0.3, -0.25) is 9.59 Å². The molecule has 0 unspecified atom stereocenters. The van der Waals surface area contributed by atoms with Crippen LogP contribution in [0.25, 0.3) is 0 Å². The normalized spacial score (nSPS) is 14.0. The fraction of sp³-hybridized carbons (Fsp3) is 0.364. The van der Waals surface area contributed by atoms with Crippen molar-refractivity contribution in [2.24, 2.45) is 0 Å². The summed E-state index contributed by atoms with van der Waals surface area (Å²) < 4.78 is 10.7. The van der Waals surface area contributed by atoms with Gasteiger partial charge in [0.1, 0.15) is 11.5 Å². The first-order chi connectivity index (χ1) is 14.0. The number of amides is 2.